The van der Waals surface area contributed by atoms with Gasteiger partial charge in [-0.15, -0.1) is 0 Å². The Balaban J connectivity index is 3.05. The lowest BCUT2D eigenvalue weighted by Gasteiger charge is -1.99. The van der Waals surface area contributed by atoms with Gasteiger partial charge < -0.3 is 9.99 Å². The zero-order chi connectivity index (χ0) is 11.5. The number of aliphatic carboxylic acids is 1. The molecule has 0 aromatic carbocycles. The van der Waals surface area contributed by atoms with Crippen molar-refractivity contribution in [3.63, 3.8) is 0 Å². The molecule has 0 radical (unpaired) electrons. The molecule has 0 amide bonds. The minimum atomic E-state index is -0.749. The van der Waals surface area contributed by atoms with Crippen molar-refractivity contribution in [3.8, 4) is 0 Å². The minimum absolute atomic E-state index is 0.233. The summed E-state index contributed by atoms with van der Waals surface area (Å²) in [5, 5.41) is 16.3. The van der Waals surface area contributed by atoms with Gasteiger partial charge in [-0.05, 0) is 12.8 Å². The number of hydrogen-bond donors (Lipinski definition) is 2. The summed E-state index contributed by atoms with van der Waals surface area (Å²) < 4.78 is 0. The van der Waals surface area contributed by atoms with Crippen LogP contribution in [0.1, 0.15) is 51.4 Å². The van der Waals surface area contributed by atoms with Gasteiger partial charge in [-0.1, -0.05) is 25.7 Å². The second-order valence-electron chi connectivity index (χ2n) is 3.48. The Kier molecular flexibility index (Phi) is 8.76. The van der Waals surface area contributed by atoms with Crippen molar-refractivity contribution in [1.82, 2.24) is 0 Å². The molecule has 0 heterocycles. The Bertz CT molecular complexity index is 190. The van der Waals surface area contributed by atoms with E-state index in [-0.39, 0.29) is 12.8 Å². The van der Waals surface area contributed by atoms with Crippen LogP contribution in [0, 0.1) is 0 Å². The van der Waals surface area contributed by atoms with Crippen molar-refractivity contribution < 1.29 is 24.8 Å². The van der Waals surface area contributed by atoms with E-state index in [1.807, 2.05) is 0 Å². The Morgan fingerprint density at radius 3 is 1.80 bits per heavy atom. The first-order valence-electron chi connectivity index (χ1n) is 5.23. The summed E-state index contributed by atoms with van der Waals surface area (Å²) >= 11 is 0. The quantitative estimate of drug-likeness (QED) is 0.352. The van der Waals surface area contributed by atoms with E-state index in [2.05, 4.69) is 4.89 Å². The lowest BCUT2D eigenvalue weighted by atomic mass is 10.1. The Labute approximate surface area is 89.0 Å². The molecule has 0 bridgehead atoms. The SMILES string of the molecule is O=C(O)CCCCCCCCC(=O)OO. The standard InChI is InChI=1S/C10H18O5/c11-9(12)7-5-3-1-2-4-6-8-10(13)15-14/h14H,1-8H2,(H,11,12). The number of carbonyl (C=O) groups is 2. The minimum Gasteiger partial charge on any atom is -0.481 e. The van der Waals surface area contributed by atoms with Crippen molar-refractivity contribution in [3.05, 3.63) is 0 Å². The first-order valence-corrected chi connectivity index (χ1v) is 5.23. The molecule has 0 aliphatic heterocycles. The van der Waals surface area contributed by atoms with Crippen molar-refractivity contribution in [2.75, 3.05) is 0 Å². The van der Waals surface area contributed by atoms with Gasteiger partial charge in [0.25, 0.3) is 0 Å². The topological polar surface area (TPSA) is 83.8 Å². The maximum absolute atomic E-state index is 10.5. The maximum atomic E-state index is 10.5. The third-order valence-corrected chi connectivity index (χ3v) is 2.12. The molecule has 0 unspecified atom stereocenters. The number of unbranched alkanes of at least 4 members (excludes halogenated alkanes) is 5. The van der Waals surface area contributed by atoms with Crippen LogP contribution in [0.3, 0.4) is 0 Å². The van der Waals surface area contributed by atoms with E-state index in [0.29, 0.717) is 12.8 Å². The third-order valence-electron chi connectivity index (χ3n) is 2.12. The fraction of sp³-hybridized carbons (Fsp3) is 0.800. The molecule has 88 valence electrons. The van der Waals surface area contributed by atoms with E-state index < -0.39 is 11.9 Å². The van der Waals surface area contributed by atoms with Crippen LogP contribution < -0.4 is 0 Å². The summed E-state index contributed by atoms with van der Waals surface area (Å²) in [5.41, 5.74) is 0. The fourth-order valence-corrected chi connectivity index (χ4v) is 1.30. The zero-order valence-electron chi connectivity index (χ0n) is 8.78. The third kappa shape index (κ3) is 10.8. The summed E-state index contributed by atoms with van der Waals surface area (Å²) in [6.07, 6.45) is 5.69. The molecule has 0 aliphatic rings. The van der Waals surface area contributed by atoms with E-state index in [1.165, 1.54) is 0 Å². The van der Waals surface area contributed by atoms with Gasteiger partial charge >= 0.3 is 11.9 Å². The van der Waals surface area contributed by atoms with E-state index in [4.69, 9.17) is 10.4 Å². The number of carbonyl (C=O) groups excluding carboxylic acids is 1. The number of carboxylic acids is 1. The van der Waals surface area contributed by atoms with Crippen LogP contribution in [0.25, 0.3) is 0 Å². The number of hydrogen-bond acceptors (Lipinski definition) is 4. The second kappa shape index (κ2) is 9.45. The van der Waals surface area contributed by atoms with Crippen LogP contribution in [0.15, 0.2) is 0 Å². The molecular formula is C10H18O5. The molecule has 0 atom stereocenters. The highest BCUT2D eigenvalue weighted by Gasteiger charge is 2.01. The van der Waals surface area contributed by atoms with Gasteiger partial charge in [0.2, 0.25) is 0 Å². The highest BCUT2D eigenvalue weighted by Crippen LogP contribution is 2.08. The van der Waals surface area contributed by atoms with Crippen LogP contribution in [0.2, 0.25) is 0 Å². The van der Waals surface area contributed by atoms with Crippen LogP contribution in [0.4, 0.5) is 0 Å². The second-order valence-corrected chi connectivity index (χ2v) is 3.48. The van der Waals surface area contributed by atoms with Crippen LogP contribution in [-0.2, 0) is 14.5 Å². The lowest BCUT2D eigenvalue weighted by Crippen LogP contribution is -1.99. The van der Waals surface area contributed by atoms with Gasteiger partial charge in [0.05, 0.1) is 0 Å². The lowest BCUT2D eigenvalue weighted by molar-refractivity contribution is -0.234. The van der Waals surface area contributed by atoms with Crippen LogP contribution >= 0.6 is 0 Å². The maximum Gasteiger partial charge on any atom is 0.342 e. The zero-order valence-corrected chi connectivity index (χ0v) is 8.78. The Hall–Kier alpha value is -1.10. The first-order chi connectivity index (χ1) is 7.16. The monoisotopic (exact) mass is 218 g/mol. The van der Waals surface area contributed by atoms with Gasteiger partial charge in [0, 0.05) is 12.8 Å². The normalized spacial score (nSPS) is 9.93. The van der Waals surface area contributed by atoms with Gasteiger partial charge in [-0.3, -0.25) is 4.79 Å². The van der Waals surface area contributed by atoms with Crippen molar-refractivity contribution >= 4 is 11.9 Å². The average molecular weight is 218 g/mol. The van der Waals surface area contributed by atoms with E-state index in [9.17, 15) is 9.59 Å². The van der Waals surface area contributed by atoms with Gasteiger partial charge in [0.1, 0.15) is 0 Å². The molecule has 0 saturated carbocycles. The molecule has 15 heavy (non-hydrogen) atoms. The average Bonchev–Trinajstić information content (AvgIpc) is 2.21. The largest absolute Gasteiger partial charge is 0.481 e. The summed E-state index contributed by atoms with van der Waals surface area (Å²) in [6.45, 7) is 0. The molecule has 0 aromatic heterocycles. The van der Waals surface area contributed by atoms with Crippen molar-refractivity contribution in [2.45, 2.75) is 51.4 Å². The molecule has 0 aliphatic carbocycles. The summed E-state index contributed by atoms with van der Waals surface area (Å²) in [4.78, 5) is 24.2. The summed E-state index contributed by atoms with van der Waals surface area (Å²) in [7, 11) is 0. The van der Waals surface area contributed by atoms with Gasteiger partial charge in [-0.2, -0.15) is 5.26 Å². The molecule has 0 spiro atoms. The van der Waals surface area contributed by atoms with Gasteiger partial charge in [-0.25, -0.2) is 4.79 Å². The molecule has 0 saturated heterocycles. The number of rotatable bonds is 9. The molecule has 5 heteroatoms. The van der Waals surface area contributed by atoms with Crippen molar-refractivity contribution in [1.29, 1.82) is 0 Å². The highest BCUT2D eigenvalue weighted by atomic mass is 17.1. The predicted molar refractivity (Wildman–Crippen MR) is 53.3 cm³/mol. The smallest absolute Gasteiger partial charge is 0.342 e. The summed E-state index contributed by atoms with van der Waals surface area (Å²) in [5.74, 6) is -1.35. The molecule has 5 nitrogen and oxygen atoms in total. The van der Waals surface area contributed by atoms with Crippen molar-refractivity contribution in [2.24, 2.45) is 0 Å². The molecule has 0 aromatic rings. The highest BCUT2D eigenvalue weighted by molar-refractivity contribution is 5.68. The van der Waals surface area contributed by atoms with E-state index in [0.717, 1.165) is 25.7 Å². The fourth-order valence-electron chi connectivity index (χ4n) is 1.30. The summed E-state index contributed by atoms with van der Waals surface area (Å²) in [6, 6.07) is 0. The van der Waals surface area contributed by atoms with E-state index >= 15 is 0 Å². The molecular weight excluding hydrogens is 200 g/mol. The van der Waals surface area contributed by atoms with Crippen LogP contribution in [0.5, 0.6) is 0 Å². The van der Waals surface area contributed by atoms with Crippen LogP contribution in [-0.4, -0.2) is 22.3 Å². The molecule has 0 rings (SSSR count). The Morgan fingerprint density at radius 1 is 0.867 bits per heavy atom. The first kappa shape index (κ1) is 13.9. The molecule has 2 N–H and O–H groups in total. The molecule has 0 fully saturated rings. The van der Waals surface area contributed by atoms with E-state index in [1.54, 1.807) is 0 Å². The van der Waals surface area contributed by atoms with Gasteiger partial charge in [0.15, 0.2) is 0 Å². The number of carboxylic acid groups (broad SMARTS) is 1. The predicted octanol–water partition coefficient (Wildman–Crippen LogP) is 2.21. The Morgan fingerprint density at radius 2 is 1.33 bits per heavy atom.